The van der Waals surface area contributed by atoms with E-state index in [0.717, 1.165) is 28.9 Å². The van der Waals surface area contributed by atoms with E-state index in [1.807, 2.05) is 36.4 Å². The van der Waals surface area contributed by atoms with Gasteiger partial charge in [0.2, 0.25) is 5.16 Å². The van der Waals surface area contributed by atoms with Gasteiger partial charge in [0.05, 0.1) is 22.8 Å². The van der Waals surface area contributed by atoms with Gasteiger partial charge in [-0.25, -0.2) is 4.79 Å². The number of carboxylic acids is 1. The number of benzene rings is 2. The first-order chi connectivity index (χ1) is 15.1. The summed E-state index contributed by atoms with van der Waals surface area (Å²) in [5.41, 5.74) is 1.62. The number of furan rings is 1. The van der Waals surface area contributed by atoms with Crippen molar-refractivity contribution in [3.8, 4) is 17.0 Å². The summed E-state index contributed by atoms with van der Waals surface area (Å²) in [5.74, 6) is 1.02. The molecule has 0 fully saturated rings. The molecule has 0 aliphatic carbocycles. The van der Waals surface area contributed by atoms with Gasteiger partial charge in [0.25, 0.3) is 0 Å². The number of hydrogen-bond acceptors (Lipinski definition) is 7. The van der Waals surface area contributed by atoms with Crippen LogP contribution in [0.1, 0.15) is 16.1 Å². The van der Waals surface area contributed by atoms with Gasteiger partial charge in [-0.15, -0.1) is 5.10 Å². The van der Waals surface area contributed by atoms with Crippen molar-refractivity contribution in [2.75, 3.05) is 12.3 Å². The van der Waals surface area contributed by atoms with E-state index in [4.69, 9.17) is 21.1 Å². The number of aromatic nitrogens is 4. The maximum absolute atomic E-state index is 11.2. The van der Waals surface area contributed by atoms with Crippen LogP contribution in [0.25, 0.3) is 17.0 Å². The number of carbonyl (C=O) groups is 1. The molecule has 0 unspecified atom stereocenters. The second-order valence-corrected chi connectivity index (χ2v) is 7.97. The lowest BCUT2D eigenvalue weighted by atomic mass is 10.1. The molecule has 2 N–H and O–H groups in total. The Balaban J connectivity index is 1.30. The summed E-state index contributed by atoms with van der Waals surface area (Å²) in [5, 5.41) is 25.5. The highest BCUT2D eigenvalue weighted by molar-refractivity contribution is 7.99. The Hall–Kier alpha value is -3.14. The number of aromatic carboxylic acids is 1. The molecule has 2 aromatic heterocycles. The minimum atomic E-state index is -1.01. The van der Waals surface area contributed by atoms with E-state index in [-0.39, 0.29) is 5.56 Å². The van der Waals surface area contributed by atoms with Gasteiger partial charge in [-0.05, 0) is 52.9 Å². The van der Waals surface area contributed by atoms with Gasteiger partial charge >= 0.3 is 5.97 Å². The Morgan fingerprint density at radius 2 is 2.00 bits per heavy atom. The molecule has 158 valence electrons. The molecule has 0 spiro atoms. The van der Waals surface area contributed by atoms with Crippen LogP contribution in [0.5, 0.6) is 0 Å². The van der Waals surface area contributed by atoms with Crippen LogP contribution in [0.4, 0.5) is 0 Å². The van der Waals surface area contributed by atoms with E-state index >= 15 is 0 Å². The molecule has 4 rings (SSSR count). The lowest BCUT2D eigenvalue weighted by molar-refractivity contribution is 0.0697. The van der Waals surface area contributed by atoms with Crippen molar-refractivity contribution in [3.05, 3.63) is 77.0 Å². The molecule has 0 saturated heterocycles. The molecule has 0 aliphatic rings. The lowest BCUT2D eigenvalue weighted by Crippen LogP contribution is -2.16. The molecular weight excluding hydrogens is 438 g/mol. The molecule has 8 nitrogen and oxygen atoms in total. The van der Waals surface area contributed by atoms with Crippen molar-refractivity contribution in [2.45, 2.75) is 11.7 Å². The molecule has 0 radical (unpaired) electrons. The number of nitrogens with one attached hydrogen (secondary N) is 1. The van der Waals surface area contributed by atoms with Crippen molar-refractivity contribution in [1.82, 2.24) is 25.5 Å². The first-order valence-corrected chi connectivity index (χ1v) is 10.8. The summed E-state index contributed by atoms with van der Waals surface area (Å²) < 4.78 is 7.54. The van der Waals surface area contributed by atoms with Crippen molar-refractivity contribution in [2.24, 2.45) is 0 Å². The normalized spacial score (nSPS) is 11.0. The highest BCUT2D eigenvalue weighted by atomic mass is 35.5. The zero-order valence-electron chi connectivity index (χ0n) is 16.2. The minimum absolute atomic E-state index is 0.158. The van der Waals surface area contributed by atoms with Crippen LogP contribution in [0.15, 0.2) is 70.2 Å². The van der Waals surface area contributed by atoms with Gasteiger partial charge in [-0.2, -0.15) is 4.68 Å². The van der Waals surface area contributed by atoms with Gasteiger partial charge in [-0.1, -0.05) is 41.6 Å². The average Bonchev–Trinajstić information content (AvgIpc) is 3.44. The molecule has 2 heterocycles. The standard InChI is InChI=1S/C21H18ClN5O3S/c22-18-8-6-14(20(28)29)12-17(18)19-9-7-16(30-19)13-23-10-11-31-21-24-25-26-27(21)15-4-2-1-3-5-15/h1-9,12,23H,10-11,13H2,(H,28,29). The molecule has 0 amide bonds. The molecular formula is C21H18ClN5O3S. The van der Waals surface area contributed by atoms with E-state index < -0.39 is 5.97 Å². The molecule has 31 heavy (non-hydrogen) atoms. The second kappa shape index (κ2) is 9.78. The van der Waals surface area contributed by atoms with Crippen LogP contribution < -0.4 is 5.32 Å². The van der Waals surface area contributed by atoms with Crippen LogP contribution in [0, 0.1) is 0 Å². The predicted molar refractivity (Wildman–Crippen MR) is 118 cm³/mol. The van der Waals surface area contributed by atoms with Crippen molar-refractivity contribution in [1.29, 1.82) is 0 Å². The number of rotatable bonds is 9. The average molecular weight is 456 g/mol. The lowest BCUT2D eigenvalue weighted by Gasteiger charge is -2.05. The Morgan fingerprint density at radius 1 is 1.16 bits per heavy atom. The summed E-state index contributed by atoms with van der Waals surface area (Å²) in [6.45, 7) is 1.25. The fraction of sp³-hybridized carbons (Fsp3) is 0.143. The van der Waals surface area contributed by atoms with Crippen LogP contribution in [0.3, 0.4) is 0 Å². The van der Waals surface area contributed by atoms with Gasteiger partial charge in [0.15, 0.2) is 0 Å². The number of tetrazole rings is 1. The summed E-state index contributed by atoms with van der Waals surface area (Å²) in [6.07, 6.45) is 0. The zero-order chi connectivity index (χ0) is 21.6. The Kier molecular flexibility index (Phi) is 6.66. The van der Waals surface area contributed by atoms with E-state index in [2.05, 4.69) is 20.8 Å². The number of halogens is 1. The third-order valence-electron chi connectivity index (χ3n) is 4.39. The predicted octanol–water partition coefficient (Wildman–Crippen LogP) is 4.16. The van der Waals surface area contributed by atoms with Crippen LogP contribution in [0.2, 0.25) is 5.02 Å². The number of nitrogens with zero attached hydrogens (tertiary/aromatic N) is 4. The van der Waals surface area contributed by atoms with Crippen molar-refractivity contribution in [3.63, 3.8) is 0 Å². The smallest absolute Gasteiger partial charge is 0.335 e. The number of para-hydroxylation sites is 1. The largest absolute Gasteiger partial charge is 0.478 e. The minimum Gasteiger partial charge on any atom is -0.478 e. The summed E-state index contributed by atoms with van der Waals surface area (Å²) >= 11 is 7.76. The van der Waals surface area contributed by atoms with Gasteiger partial charge in [-0.3, -0.25) is 0 Å². The molecule has 0 bridgehead atoms. The number of thioether (sulfide) groups is 1. The molecule has 0 saturated carbocycles. The van der Waals surface area contributed by atoms with Gasteiger partial charge in [0, 0.05) is 17.9 Å². The van der Waals surface area contributed by atoms with Crippen molar-refractivity contribution >= 4 is 29.3 Å². The second-order valence-electron chi connectivity index (χ2n) is 6.50. The molecule has 10 heteroatoms. The monoisotopic (exact) mass is 455 g/mol. The van der Waals surface area contributed by atoms with Crippen LogP contribution >= 0.6 is 23.4 Å². The summed E-state index contributed by atoms with van der Waals surface area (Å²) in [6, 6.07) is 17.9. The quantitative estimate of drug-likeness (QED) is 0.286. The Morgan fingerprint density at radius 3 is 2.81 bits per heavy atom. The third kappa shape index (κ3) is 5.13. The van der Waals surface area contributed by atoms with E-state index in [9.17, 15) is 4.79 Å². The number of carboxylic acid groups (broad SMARTS) is 1. The van der Waals surface area contributed by atoms with Crippen LogP contribution in [-0.2, 0) is 6.54 Å². The zero-order valence-corrected chi connectivity index (χ0v) is 17.8. The van der Waals surface area contributed by atoms with Crippen LogP contribution in [-0.4, -0.2) is 43.6 Å². The number of hydrogen-bond donors (Lipinski definition) is 2. The maximum atomic E-state index is 11.2. The first kappa shape index (κ1) is 21.1. The van der Waals surface area contributed by atoms with E-state index in [1.165, 1.54) is 12.1 Å². The summed E-state index contributed by atoms with van der Waals surface area (Å²) in [4.78, 5) is 11.2. The van der Waals surface area contributed by atoms with Gasteiger partial charge in [0.1, 0.15) is 11.5 Å². The SMILES string of the molecule is O=C(O)c1ccc(Cl)c(-c2ccc(CNCCSc3nnnn3-c3ccccc3)o2)c1. The van der Waals surface area contributed by atoms with E-state index in [0.29, 0.717) is 22.9 Å². The Labute approximate surface area is 187 Å². The third-order valence-corrected chi connectivity index (χ3v) is 5.64. The first-order valence-electron chi connectivity index (χ1n) is 9.41. The molecule has 0 aliphatic heterocycles. The Bertz CT molecular complexity index is 1180. The van der Waals surface area contributed by atoms with E-state index in [1.54, 1.807) is 28.6 Å². The maximum Gasteiger partial charge on any atom is 0.335 e. The molecule has 2 aromatic carbocycles. The fourth-order valence-electron chi connectivity index (χ4n) is 2.89. The highest BCUT2D eigenvalue weighted by Gasteiger charge is 2.13. The highest BCUT2D eigenvalue weighted by Crippen LogP contribution is 2.30. The molecule has 4 aromatic rings. The molecule has 0 atom stereocenters. The summed E-state index contributed by atoms with van der Waals surface area (Å²) in [7, 11) is 0. The van der Waals surface area contributed by atoms with Gasteiger partial charge < -0.3 is 14.8 Å². The van der Waals surface area contributed by atoms with Crippen molar-refractivity contribution < 1.29 is 14.3 Å². The fourth-order valence-corrected chi connectivity index (χ4v) is 3.89. The topological polar surface area (TPSA) is 106 Å².